The van der Waals surface area contributed by atoms with Crippen molar-refractivity contribution in [2.75, 3.05) is 24.7 Å². The van der Waals surface area contributed by atoms with Crippen LogP contribution in [0, 0.1) is 10.8 Å². The molecule has 4 aliphatic carbocycles. The predicted octanol–water partition coefficient (Wildman–Crippen LogP) is 19.7. The molecule has 20 nitrogen and oxygen atoms in total. The van der Waals surface area contributed by atoms with Crippen LogP contribution in [-0.4, -0.2) is 86.7 Å². The number of carbonyl (C=O) groups is 2. The Bertz CT molecular complexity index is 5040. The Morgan fingerprint density at radius 2 is 0.956 bits per heavy atom. The van der Waals surface area contributed by atoms with Gasteiger partial charge in [0.15, 0.2) is 11.6 Å². The number of benzene rings is 2. The molecule has 604 valence electrons. The Kier molecular flexibility index (Phi) is 30.7. The summed E-state index contributed by atoms with van der Waals surface area (Å²) in [6.07, 6.45) is 12.6. The second-order valence-corrected chi connectivity index (χ2v) is 33.5. The minimum absolute atomic E-state index is 0. The van der Waals surface area contributed by atoms with Gasteiger partial charge in [-0.05, 0) is 182 Å². The fraction of sp³-hybridized carbons (Fsp3) is 0.396. The molecular formula is C91H106N16O4Pt3. The van der Waals surface area contributed by atoms with Gasteiger partial charge >= 0.3 is 63.2 Å². The van der Waals surface area contributed by atoms with E-state index >= 15 is 0 Å². The van der Waals surface area contributed by atoms with Crippen LogP contribution >= 0.6 is 0 Å². The molecule has 9 heterocycles. The Morgan fingerprint density at radius 3 is 1.41 bits per heavy atom. The molecule has 0 spiro atoms. The third kappa shape index (κ3) is 20.6. The minimum Gasteiger partial charge on any atom is -0.656 e. The van der Waals surface area contributed by atoms with Gasteiger partial charge in [-0.25, -0.2) is 4.98 Å². The number of fused-ring (bicyclic) bond motifs is 11. The molecule has 11 aromatic rings. The first kappa shape index (κ1) is 90.9. The van der Waals surface area contributed by atoms with Crippen molar-refractivity contribution in [3.63, 3.8) is 0 Å². The summed E-state index contributed by atoms with van der Waals surface area (Å²) in [7, 11) is 0. The van der Waals surface area contributed by atoms with Gasteiger partial charge in [0.2, 0.25) is 0 Å². The van der Waals surface area contributed by atoms with Crippen molar-refractivity contribution in [2.45, 2.75) is 202 Å². The summed E-state index contributed by atoms with van der Waals surface area (Å²) in [5.41, 5.74) is 17.7. The molecule has 114 heavy (non-hydrogen) atoms. The summed E-state index contributed by atoms with van der Waals surface area (Å²) < 4.78 is 0. The summed E-state index contributed by atoms with van der Waals surface area (Å²) >= 11 is 0. The van der Waals surface area contributed by atoms with Gasteiger partial charge in [0, 0.05) is 109 Å². The molecule has 4 aliphatic rings. The van der Waals surface area contributed by atoms with Crippen molar-refractivity contribution in [1.82, 2.24) is 60.5 Å². The number of pyridine rings is 6. The molecule has 9 aromatic heterocycles. The number of aliphatic hydroxyl groups excluding tert-OH is 2. The molecule has 2 aromatic carbocycles. The molecule has 2 N–H and O–H groups in total. The van der Waals surface area contributed by atoms with E-state index in [2.05, 4.69) is 208 Å². The topological polar surface area (TPSA) is 278 Å². The molecule has 4 unspecified atom stereocenters. The maximum absolute atomic E-state index is 10.0. The molecule has 0 saturated heterocycles. The van der Waals surface area contributed by atoms with Gasteiger partial charge in [-0.2, -0.15) is 0 Å². The molecule has 0 amide bonds. The number of aromatic nitrogens is 12. The number of rotatable bonds is 21. The molecular weight excluding hydrogens is 1970 g/mol. The normalized spacial score (nSPS) is 17.9. The van der Waals surface area contributed by atoms with Crippen LogP contribution < -0.4 is 20.2 Å². The van der Waals surface area contributed by atoms with E-state index in [1.165, 1.54) is 88.0 Å². The number of nitrogens with zero attached hydrogens (tertiary/aromatic N) is 16. The monoisotopic (exact) mass is 2070 g/mol. The van der Waals surface area contributed by atoms with E-state index in [0.717, 1.165) is 90.6 Å². The van der Waals surface area contributed by atoms with Gasteiger partial charge in [-0.1, -0.05) is 193 Å². The van der Waals surface area contributed by atoms with Gasteiger partial charge in [-0.3, -0.25) is 34.5 Å². The van der Waals surface area contributed by atoms with Crippen LogP contribution in [0.2, 0.25) is 0 Å². The zero-order valence-electron chi connectivity index (χ0n) is 68.4. The zero-order valence-corrected chi connectivity index (χ0v) is 75.3. The van der Waals surface area contributed by atoms with Crippen molar-refractivity contribution in [3.05, 3.63) is 273 Å². The van der Waals surface area contributed by atoms with Crippen LogP contribution in [-0.2, 0) is 119 Å². The summed E-state index contributed by atoms with van der Waals surface area (Å²) in [5.74, 6) is 1.73. The van der Waals surface area contributed by atoms with Crippen LogP contribution in [0.25, 0.3) is 60.9 Å². The summed E-state index contributed by atoms with van der Waals surface area (Å²) in [6, 6.07) is 53.1. The van der Waals surface area contributed by atoms with Gasteiger partial charge in [0.1, 0.15) is 5.82 Å². The molecule has 2 fully saturated rings. The van der Waals surface area contributed by atoms with E-state index in [1.807, 2.05) is 91.1 Å². The first-order valence-corrected chi connectivity index (χ1v) is 38.3. The van der Waals surface area contributed by atoms with Crippen LogP contribution in [0.4, 0.5) is 11.5 Å². The third-order valence-electron chi connectivity index (χ3n) is 22.8. The number of allylic oxidation sites excluding steroid dienone is 4. The number of ketones is 2. The molecule has 4 atom stereocenters. The molecule has 23 heteroatoms. The van der Waals surface area contributed by atoms with Crippen LogP contribution in [0.3, 0.4) is 0 Å². The molecule has 4 bridgehead atoms. The second kappa shape index (κ2) is 38.4. The number of carbonyl (C=O) groups excluding carboxylic acids is 2. The minimum atomic E-state index is -0.222. The van der Waals surface area contributed by atoms with Gasteiger partial charge in [0.05, 0.1) is 22.9 Å². The molecule has 15 rings (SSSR count). The fourth-order valence-corrected chi connectivity index (χ4v) is 15.8. The van der Waals surface area contributed by atoms with Crippen molar-refractivity contribution in [3.8, 4) is 34.2 Å². The average Bonchev–Trinajstić information content (AvgIpc) is 1.53. The first-order chi connectivity index (χ1) is 52.7. The molecule has 0 aliphatic heterocycles. The van der Waals surface area contributed by atoms with Gasteiger partial charge < -0.3 is 61.7 Å². The molecule has 0 radical (unpaired) electrons. The number of hydrogen-bond donors (Lipinski definition) is 2. The van der Waals surface area contributed by atoms with E-state index in [0.29, 0.717) is 51.2 Å². The standard InChI is InChI=1S/C29H30N6.C26H31N5.C26H29N5.2C5H8O2.3Pt/c1-28(2)22-15-16-29(28,3)27-25(22)26(33-34-27)23-13-9-14-24(32-23)35(21-11-5-4-6-12-21)19-30-18-20-10-7-8-17-31-20;1-24(2,16-27-15-17-9-6-7-14-28-17)20-11-8-10-19(29-20)22-21-18-12-13-26(5,25(18,3)4)23(21)31-30-22;1-25(2,3)22-15-21(30-31-22)24-20-12-7-6-10-18(20)14-23(29-24)26(4,5)17-27-16-19-11-8-9-13-28-19;2*1-4(6)3-5(2)7;;;/h4-14,17,22H,15-16,18-19H2,1-3H3;6-11,14,18H,12-13,15-16H2,1-5H3;6-15H,16-17H2,1-5H3;2*3,6H,1-2H3;;;/q3*-2;;;3*+2. The van der Waals surface area contributed by atoms with E-state index in [-0.39, 0.29) is 124 Å². The third-order valence-corrected chi connectivity index (χ3v) is 22.8. The van der Waals surface area contributed by atoms with Crippen molar-refractivity contribution < 1.29 is 83.0 Å². The van der Waals surface area contributed by atoms with Crippen molar-refractivity contribution in [1.29, 1.82) is 0 Å². The second-order valence-electron chi connectivity index (χ2n) is 33.5. The van der Waals surface area contributed by atoms with E-state index in [4.69, 9.17) is 46.2 Å². The maximum atomic E-state index is 10.0. The van der Waals surface area contributed by atoms with Gasteiger partial charge in [0.25, 0.3) is 0 Å². The van der Waals surface area contributed by atoms with Crippen LogP contribution in [0.5, 0.6) is 0 Å². The first-order valence-electron chi connectivity index (χ1n) is 38.3. The summed E-state index contributed by atoms with van der Waals surface area (Å²) in [6.45, 7) is 38.8. The maximum Gasteiger partial charge on any atom is 2.00 e. The fourth-order valence-electron chi connectivity index (χ4n) is 15.8. The van der Waals surface area contributed by atoms with Crippen molar-refractivity contribution in [2.24, 2.45) is 10.8 Å². The largest absolute Gasteiger partial charge is 2.00 e. The Balaban J connectivity index is 0.000000195. The van der Waals surface area contributed by atoms with E-state index in [1.54, 1.807) is 12.4 Å². The Morgan fingerprint density at radius 1 is 0.500 bits per heavy atom. The predicted molar refractivity (Wildman–Crippen MR) is 442 cm³/mol. The number of aliphatic hydroxyl groups is 2. The van der Waals surface area contributed by atoms with E-state index < -0.39 is 0 Å². The van der Waals surface area contributed by atoms with Crippen LogP contribution in [0.15, 0.2) is 200 Å². The Hall–Kier alpha value is -8.61. The number of hydrogen-bond acceptors (Lipinski definition) is 14. The van der Waals surface area contributed by atoms with Crippen molar-refractivity contribution >= 4 is 33.8 Å². The van der Waals surface area contributed by atoms with Gasteiger partial charge in [-0.15, -0.1) is 32.7 Å². The summed E-state index contributed by atoms with van der Waals surface area (Å²) in [4.78, 5) is 50.5. The van der Waals surface area contributed by atoms with E-state index in [9.17, 15) is 9.59 Å². The smallest absolute Gasteiger partial charge is 0.656 e. The zero-order chi connectivity index (χ0) is 79.7. The number of para-hydroxylation sites is 1. The summed E-state index contributed by atoms with van der Waals surface area (Å²) in [5, 5.41) is 60.9. The number of anilines is 2. The SMILES string of the molecule is CC(=O)C=C(C)O.CC(=O)C=C(C)O.CC(C)(C)c1cc(-c2nc(C(C)(C)C[N-]Cc3ccccn3)cc3ccccc23)[n-]n1.CC(C)(C[N-]Cc1ccccn1)c1cccc(-c2[n-]nc3c2C2CCC3(C)C2(C)C)n1.CC12CCC(c3c1n[n-]c3-c1cccc(N(C[N-]Cc3ccccn3)c3ccccc3)n1)C2(C)C.[Pt+2].[Pt+2].[Pt+2]. The molecule has 2 saturated carbocycles. The van der Waals surface area contributed by atoms with Crippen LogP contribution in [0.1, 0.15) is 212 Å². The Labute approximate surface area is 716 Å². The quantitative estimate of drug-likeness (QED) is 0.0499. The average molecular weight is 2070 g/mol.